The number of carbonyl (C=O) groups excluding carboxylic acids is 3. The Morgan fingerprint density at radius 1 is 1.35 bits per heavy atom. The van der Waals surface area contributed by atoms with Crippen molar-refractivity contribution in [1.29, 1.82) is 0 Å². The van der Waals surface area contributed by atoms with E-state index in [9.17, 15) is 14.4 Å². The molecule has 1 aliphatic carbocycles. The Bertz CT molecular complexity index is 401. The minimum absolute atomic E-state index is 0.0620. The molecule has 20 heavy (non-hydrogen) atoms. The Balaban J connectivity index is 1.94. The topological polar surface area (TPSA) is 82.1 Å². The summed E-state index contributed by atoms with van der Waals surface area (Å²) in [5, 5.41) is 0.484. The zero-order chi connectivity index (χ0) is 14.8. The van der Waals surface area contributed by atoms with E-state index in [0.717, 1.165) is 12.8 Å². The van der Waals surface area contributed by atoms with Crippen LogP contribution < -0.4 is 0 Å². The van der Waals surface area contributed by atoms with Crippen molar-refractivity contribution in [2.24, 2.45) is 0 Å². The number of ether oxygens (including phenoxy) is 2. The average molecular weight is 285 g/mol. The first kappa shape index (κ1) is 14.8. The van der Waals surface area contributed by atoms with Gasteiger partial charge in [0.25, 0.3) is 11.8 Å². The molecule has 1 heterocycles. The quantitative estimate of drug-likeness (QED) is 0.575. The highest BCUT2D eigenvalue weighted by atomic mass is 16.8. The van der Waals surface area contributed by atoms with E-state index in [1.165, 1.54) is 0 Å². The highest BCUT2D eigenvalue weighted by Gasteiger charge is 2.45. The third-order valence-electron chi connectivity index (χ3n) is 4.07. The van der Waals surface area contributed by atoms with E-state index in [1.807, 2.05) is 6.92 Å². The molecule has 112 valence electrons. The van der Waals surface area contributed by atoms with Crippen molar-refractivity contribution in [3.05, 3.63) is 0 Å². The third-order valence-corrected chi connectivity index (χ3v) is 4.07. The second kappa shape index (κ2) is 5.78. The zero-order valence-electron chi connectivity index (χ0n) is 11.7. The van der Waals surface area contributed by atoms with Crippen LogP contribution in [0.1, 0.15) is 45.4 Å². The summed E-state index contributed by atoms with van der Waals surface area (Å²) < 4.78 is 10.7. The second-order valence-corrected chi connectivity index (χ2v) is 5.04. The number of hydroxylamine groups is 2. The predicted octanol–water partition coefficient (Wildman–Crippen LogP) is 1.55. The van der Waals surface area contributed by atoms with E-state index in [-0.39, 0.29) is 12.8 Å². The van der Waals surface area contributed by atoms with Gasteiger partial charge in [-0.05, 0) is 25.7 Å². The number of carbonyl (C=O) groups is 3. The molecule has 0 aromatic rings. The van der Waals surface area contributed by atoms with Gasteiger partial charge in [0, 0.05) is 20.0 Å². The lowest BCUT2D eigenvalue weighted by molar-refractivity contribution is -0.182. The van der Waals surface area contributed by atoms with Crippen LogP contribution in [0, 0.1) is 0 Å². The number of methoxy groups -OCH3 is 1. The molecule has 0 bridgehead atoms. The van der Waals surface area contributed by atoms with Crippen molar-refractivity contribution in [2.75, 3.05) is 7.11 Å². The SMILES string of the molecule is CCC1(OC)CCCC1OC(=O)ON1C(=O)CCC1=O. The molecule has 0 radical (unpaired) electrons. The standard InChI is InChI=1S/C13H19NO6/c1-3-13(18-2)8-4-5-9(13)19-12(17)20-14-10(15)6-7-11(14)16/h9H,3-8H2,1-2H3. The van der Waals surface area contributed by atoms with Gasteiger partial charge in [-0.3, -0.25) is 14.4 Å². The molecule has 2 rings (SSSR count). The lowest BCUT2D eigenvalue weighted by Gasteiger charge is -2.32. The summed E-state index contributed by atoms with van der Waals surface area (Å²) in [5.41, 5.74) is -0.502. The smallest absolute Gasteiger partial charge is 0.426 e. The van der Waals surface area contributed by atoms with E-state index in [0.29, 0.717) is 17.9 Å². The lowest BCUT2D eigenvalue weighted by Crippen LogP contribution is -2.43. The third kappa shape index (κ3) is 2.63. The summed E-state index contributed by atoms with van der Waals surface area (Å²) >= 11 is 0. The highest BCUT2D eigenvalue weighted by Crippen LogP contribution is 2.38. The van der Waals surface area contributed by atoms with Gasteiger partial charge in [0.15, 0.2) is 0 Å². The van der Waals surface area contributed by atoms with Crippen molar-refractivity contribution in [3.8, 4) is 0 Å². The van der Waals surface area contributed by atoms with Gasteiger partial charge >= 0.3 is 6.16 Å². The summed E-state index contributed by atoms with van der Waals surface area (Å²) in [4.78, 5) is 39.1. The molecule has 1 saturated heterocycles. The Hall–Kier alpha value is -1.63. The van der Waals surface area contributed by atoms with Gasteiger partial charge in [0.05, 0.1) is 0 Å². The Labute approximate surface area is 117 Å². The summed E-state index contributed by atoms with van der Waals surface area (Å²) in [6.07, 6.45) is 1.76. The first-order valence-corrected chi connectivity index (χ1v) is 6.82. The highest BCUT2D eigenvalue weighted by molar-refractivity contribution is 6.01. The van der Waals surface area contributed by atoms with Crippen LogP contribution in [0.2, 0.25) is 0 Å². The van der Waals surface area contributed by atoms with Crippen LogP contribution >= 0.6 is 0 Å². The van der Waals surface area contributed by atoms with Crippen LogP contribution in [-0.4, -0.2) is 41.8 Å². The van der Waals surface area contributed by atoms with Crippen LogP contribution in [0.25, 0.3) is 0 Å². The molecule has 0 N–H and O–H groups in total. The van der Waals surface area contributed by atoms with Crippen LogP contribution in [0.4, 0.5) is 4.79 Å². The summed E-state index contributed by atoms with van der Waals surface area (Å²) in [7, 11) is 1.59. The fourth-order valence-corrected chi connectivity index (χ4v) is 2.83. The van der Waals surface area contributed by atoms with Gasteiger partial charge in [-0.1, -0.05) is 12.0 Å². The second-order valence-electron chi connectivity index (χ2n) is 5.04. The van der Waals surface area contributed by atoms with Gasteiger partial charge in [0.2, 0.25) is 0 Å². The Kier molecular flexibility index (Phi) is 4.27. The fourth-order valence-electron chi connectivity index (χ4n) is 2.83. The predicted molar refractivity (Wildman–Crippen MR) is 66.3 cm³/mol. The maximum Gasteiger partial charge on any atom is 0.534 e. The Morgan fingerprint density at radius 2 is 2.00 bits per heavy atom. The molecule has 2 fully saturated rings. The minimum atomic E-state index is -1.03. The van der Waals surface area contributed by atoms with Gasteiger partial charge in [-0.25, -0.2) is 4.79 Å². The number of nitrogens with zero attached hydrogens (tertiary/aromatic N) is 1. The molecule has 7 nitrogen and oxygen atoms in total. The van der Waals surface area contributed by atoms with Gasteiger partial charge in [0.1, 0.15) is 11.7 Å². The molecule has 2 aliphatic rings. The summed E-state index contributed by atoms with van der Waals surface area (Å²) in [6.45, 7) is 1.96. The molecule has 7 heteroatoms. The normalized spacial score (nSPS) is 29.9. The van der Waals surface area contributed by atoms with E-state index < -0.39 is 29.7 Å². The van der Waals surface area contributed by atoms with Gasteiger partial charge < -0.3 is 9.47 Å². The number of hydrogen-bond donors (Lipinski definition) is 0. The Morgan fingerprint density at radius 3 is 2.55 bits per heavy atom. The molecule has 0 aromatic heterocycles. The molecule has 2 amide bonds. The summed E-state index contributed by atoms with van der Waals surface area (Å²) in [5.74, 6) is -1.04. The number of rotatable bonds is 4. The minimum Gasteiger partial charge on any atom is -0.426 e. The van der Waals surface area contributed by atoms with Crippen molar-refractivity contribution < 1.29 is 28.7 Å². The zero-order valence-corrected chi connectivity index (χ0v) is 11.7. The van der Waals surface area contributed by atoms with Crippen LogP contribution in [0.3, 0.4) is 0 Å². The van der Waals surface area contributed by atoms with Crippen LogP contribution in [-0.2, 0) is 23.9 Å². The maximum absolute atomic E-state index is 11.7. The van der Waals surface area contributed by atoms with E-state index >= 15 is 0 Å². The molecule has 2 unspecified atom stereocenters. The van der Waals surface area contributed by atoms with E-state index in [4.69, 9.17) is 14.3 Å². The van der Waals surface area contributed by atoms with Crippen LogP contribution in [0.15, 0.2) is 0 Å². The first-order chi connectivity index (χ1) is 9.52. The van der Waals surface area contributed by atoms with E-state index in [1.54, 1.807) is 7.11 Å². The number of amides is 2. The van der Waals surface area contributed by atoms with Crippen molar-refractivity contribution in [3.63, 3.8) is 0 Å². The first-order valence-electron chi connectivity index (χ1n) is 6.82. The summed E-state index contributed by atoms with van der Waals surface area (Å²) in [6, 6.07) is 0. The molecule has 1 saturated carbocycles. The molecular weight excluding hydrogens is 266 g/mol. The van der Waals surface area contributed by atoms with Crippen molar-refractivity contribution >= 4 is 18.0 Å². The average Bonchev–Trinajstić information content (AvgIpc) is 2.97. The van der Waals surface area contributed by atoms with Crippen molar-refractivity contribution in [1.82, 2.24) is 5.06 Å². The molecule has 2 atom stereocenters. The van der Waals surface area contributed by atoms with Gasteiger partial charge in [-0.2, -0.15) is 0 Å². The van der Waals surface area contributed by atoms with Crippen LogP contribution in [0.5, 0.6) is 0 Å². The van der Waals surface area contributed by atoms with Gasteiger partial charge in [-0.15, -0.1) is 0 Å². The fraction of sp³-hybridized carbons (Fsp3) is 0.769. The molecule has 0 aromatic carbocycles. The van der Waals surface area contributed by atoms with Crippen molar-refractivity contribution in [2.45, 2.75) is 57.2 Å². The maximum atomic E-state index is 11.7. The lowest BCUT2D eigenvalue weighted by atomic mass is 9.96. The molecule has 1 aliphatic heterocycles. The number of imide groups is 1. The molecular formula is C13H19NO6. The van der Waals surface area contributed by atoms with E-state index in [2.05, 4.69) is 0 Å². The largest absolute Gasteiger partial charge is 0.534 e. The monoisotopic (exact) mass is 285 g/mol. The number of hydrogen-bond acceptors (Lipinski definition) is 6. The molecule has 0 spiro atoms.